The number of fused-ring (bicyclic) bond motifs is 3. The van der Waals surface area contributed by atoms with E-state index in [1.165, 1.54) is 11.0 Å². The van der Waals surface area contributed by atoms with E-state index in [9.17, 15) is 18.0 Å². The van der Waals surface area contributed by atoms with Crippen molar-refractivity contribution >= 4 is 17.7 Å². The van der Waals surface area contributed by atoms with Gasteiger partial charge in [-0.3, -0.25) is 9.47 Å². The van der Waals surface area contributed by atoms with Crippen LogP contribution in [-0.4, -0.2) is 31.9 Å². The first-order valence-electron chi connectivity index (χ1n) is 12.3. The second-order valence-corrected chi connectivity index (χ2v) is 10.1. The van der Waals surface area contributed by atoms with E-state index in [0.717, 1.165) is 42.0 Å². The Labute approximate surface area is 222 Å². The average Bonchev–Trinajstić information content (AvgIpc) is 3.19. The number of carbonyl (C=O) groups is 1. The number of benzene rings is 2. The van der Waals surface area contributed by atoms with Crippen molar-refractivity contribution in [2.24, 2.45) is 0 Å². The van der Waals surface area contributed by atoms with Crippen molar-refractivity contribution in [1.82, 2.24) is 19.7 Å². The van der Waals surface area contributed by atoms with Crippen LogP contribution in [0.15, 0.2) is 54.8 Å². The number of allylic oxidation sites excluding steroid dienone is 1. The maximum Gasteiger partial charge on any atom is 0.416 e. The van der Waals surface area contributed by atoms with Crippen LogP contribution < -0.4 is 4.74 Å². The molecule has 200 valence electrons. The van der Waals surface area contributed by atoms with Crippen LogP contribution in [-0.2, 0) is 24.0 Å². The van der Waals surface area contributed by atoms with Gasteiger partial charge >= 0.3 is 12.3 Å². The molecule has 7 nitrogen and oxygen atoms in total. The van der Waals surface area contributed by atoms with Gasteiger partial charge in [0.1, 0.15) is 11.6 Å². The summed E-state index contributed by atoms with van der Waals surface area (Å²) in [5, 5.41) is 9.46. The highest BCUT2D eigenvalue weighted by Crippen LogP contribution is 2.38. The number of ether oxygens (including phenoxy) is 2. The first-order valence-corrected chi connectivity index (χ1v) is 12.7. The number of hydrogen-bond donors (Lipinski definition) is 0. The van der Waals surface area contributed by atoms with Gasteiger partial charge in [0.2, 0.25) is 0 Å². The molecule has 0 radical (unpaired) electrons. The fourth-order valence-electron chi connectivity index (χ4n) is 5.01. The molecule has 1 aromatic heterocycles. The van der Waals surface area contributed by atoms with E-state index in [1.54, 1.807) is 19.1 Å². The van der Waals surface area contributed by atoms with E-state index in [1.807, 2.05) is 16.7 Å². The summed E-state index contributed by atoms with van der Waals surface area (Å²) in [6.07, 6.45) is -2.37. The maximum absolute atomic E-state index is 13.1. The summed E-state index contributed by atoms with van der Waals surface area (Å²) in [5.41, 5.74) is 0.949. The molecule has 3 aromatic rings. The summed E-state index contributed by atoms with van der Waals surface area (Å²) in [6, 6.07) is 10.5. The SMILES string of the molecule is C=C(C)OC(=O)N1Cc2cc(Cl)ccc2-n2c(nnc2[C@H]2CC[C@H](Oc3cccc(C(F)(F)F)c3)CC2)C1. The molecule has 2 aliphatic rings. The van der Waals surface area contributed by atoms with Crippen molar-refractivity contribution in [1.29, 1.82) is 0 Å². The van der Waals surface area contributed by atoms with Crippen LogP contribution in [0.5, 0.6) is 5.75 Å². The monoisotopic (exact) mass is 546 g/mol. The Balaban J connectivity index is 1.35. The van der Waals surface area contributed by atoms with Gasteiger partial charge in [-0.1, -0.05) is 24.2 Å². The summed E-state index contributed by atoms with van der Waals surface area (Å²) in [4.78, 5) is 14.2. The smallest absolute Gasteiger partial charge is 0.416 e. The molecule has 0 spiro atoms. The van der Waals surface area contributed by atoms with E-state index in [-0.39, 0.29) is 36.6 Å². The largest absolute Gasteiger partial charge is 0.490 e. The Hall–Kier alpha value is -3.53. The molecule has 1 amide bonds. The van der Waals surface area contributed by atoms with Crippen LogP contribution >= 0.6 is 11.6 Å². The molecule has 1 fully saturated rings. The molecule has 2 heterocycles. The molecule has 1 saturated carbocycles. The minimum Gasteiger partial charge on any atom is -0.490 e. The second kappa shape index (κ2) is 10.3. The summed E-state index contributed by atoms with van der Waals surface area (Å²) in [5.74, 6) is 1.94. The first-order chi connectivity index (χ1) is 18.1. The van der Waals surface area contributed by atoms with Crippen molar-refractivity contribution in [3.63, 3.8) is 0 Å². The standard InChI is InChI=1S/C27H26ClF3N4O3/c1-16(2)37-26(36)34-14-18-12-20(28)8-11-23(18)35-24(15-34)32-33-25(35)17-6-9-21(10-7-17)38-22-5-3-4-19(13-22)27(29,30)31/h3-5,8,11-13,17,21H,1,6-7,9-10,14-15H2,2H3/t17-,21-. The zero-order valence-electron chi connectivity index (χ0n) is 20.7. The van der Waals surface area contributed by atoms with Crippen molar-refractivity contribution in [2.45, 2.75) is 63.9 Å². The molecule has 0 bridgehead atoms. The number of amides is 1. The highest BCUT2D eigenvalue weighted by molar-refractivity contribution is 6.30. The zero-order valence-corrected chi connectivity index (χ0v) is 21.4. The third-order valence-corrected chi connectivity index (χ3v) is 6.99. The van der Waals surface area contributed by atoms with Crippen molar-refractivity contribution in [3.05, 3.63) is 82.6 Å². The van der Waals surface area contributed by atoms with Gasteiger partial charge in [0.05, 0.1) is 36.2 Å². The third-order valence-electron chi connectivity index (χ3n) is 6.75. The quantitative estimate of drug-likeness (QED) is 0.329. The number of alkyl halides is 3. The lowest BCUT2D eigenvalue weighted by atomic mass is 9.86. The van der Waals surface area contributed by atoms with Gasteiger partial charge in [0, 0.05) is 10.9 Å². The number of aromatic nitrogens is 3. The van der Waals surface area contributed by atoms with Gasteiger partial charge in [0.25, 0.3) is 0 Å². The Bertz CT molecular complexity index is 1370. The normalized spacial score (nSPS) is 19.2. The molecular formula is C27H26ClF3N4O3. The van der Waals surface area contributed by atoms with Crippen LogP contribution in [0, 0.1) is 0 Å². The topological polar surface area (TPSA) is 69.5 Å². The molecular weight excluding hydrogens is 521 g/mol. The third kappa shape index (κ3) is 5.50. The highest BCUT2D eigenvalue weighted by Gasteiger charge is 2.34. The average molecular weight is 547 g/mol. The van der Waals surface area contributed by atoms with Crippen molar-refractivity contribution < 1.29 is 27.4 Å². The van der Waals surface area contributed by atoms with Crippen molar-refractivity contribution in [3.8, 4) is 11.4 Å². The number of rotatable bonds is 4. The summed E-state index contributed by atoms with van der Waals surface area (Å²) >= 11 is 6.28. The molecule has 1 aliphatic heterocycles. The Morgan fingerprint density at radius 1 is 1.08 bits per heavy atom. The van der Waals surface area contributed by atoms with Gasteiger partial charge < -0.3 is 9.47 Å². The van der Waals surface area contributed by atoms with E-state index < -0.39 is 17.8 Å². The minimum atomic E-state index is -4.42. The van der Waals surface area contributed by atoms with Gasteiger partial charge in [-0.2, -0.15) is 13.2 Å². The summed E-state index contributed by atoms with van der Waals surface area (Å²) in [6.45, 7) is 5.72. The number of hydrogen-bond acceptors (Lipinski definition) is 5. The summed E-state index contributed by atoms with van der Waals surface area (Å²) < 4.78 is 52.3. The van der Waals surface area contributed by atoms with Gasteiger partial charge in [0.15, 0.2) is 5.82 Å². The van der Waals surface area contributed by atoms with Crippen LogP contribution in [0.2, 0.25) is 5.02 Å². The molecule has 2 aromatic carbocycles. The first kappa shape index (κ1) is 26.1. The van der Waals surface area contributed by atoms with Crippen molar-refractivity contribution in [2.75, 3.05) is 0 Å². The Morgan fingerprint density at radius 3 is 2.55 bits per heavy atom. The summed E-state index contributed by atoms with van der Waals surface area (Å²) in [7, 11) is 0. The molecule has 0 unspecified atom stereocenters. The Morgan fingerprint density at radius 2 is 1.84 bits per heavy atom. The van der Waals surface area contributed by atoms with Crippen LogP contribution in [0.3, 0.4) is 0 Å². The highest BCUT2D eigenvalue weighted by atomic mass is 35.5. The fraction of sp³-hybridized carbons (Fsp3) is 0.370. The number of carbonyl (C=O) groups excluding carboxylic acids is 1. The lowest BCUT2D eigenvalue weighted by Crippen LogP contribution is -2.30. The Kier molecular flexibility index (Phi) is 7.09. The van der Waals surface area contributed by atoms with E-state index >= 15 is 0 Å². The molecule has 5 rings (SSSR count). The van der Waals surface area contributed by atoms with E-state index in [4.69, 9.17) is 21.1 Å². The minimum absolute atomic E-state index is 0.0649. The van der Waals surface area contributed by atoms with Gasteiger partial charge in [-0.15, -0.1) is 10.2 Å². The molecule has 0 saturated heterocycles. The molecule has 1 aliphatic carbocycles. The zero-order chi connectivity index (χ0) is 27.0. The van der Waals surface area contributed by atoms with Crippen LogP contribution in [0.1, 0.15) is 61.3 Å². The van der Waals surface area contributed by atoms with Crippen LogP contribution in [0.25, 0.3) is 5.69 Å². The predicted octanol–water partition coefficient (Wildman–Crippen LogP) is 7.03. The second-order valence-electron chi connectivity index (χ2n) is 9.63. The molecule has 11 heteroatoms. The number of halogens is 4. The van der Waals surface area contributed by atoms with Gasteiger partial charge in [-0.05, 0) is 74.6 Å². The predicted molar refractivity (Wildman–Crippen MR) is 134 cm³/mol. The lowest BCUT2D eigenvalue weighted by Gasteiger charge is -2.29. The molecule has 0 atom stereocenters. The van der Waals surface area contributed by atoms with Crippen LogP contribution in [0.4, 0.5) is 18.0 Å². The fourth-order valence-corrected chi connectivity index (χ4v) is 5.21. The lowest BCUT2D eigenvalue weighted by molar-refractivity contribution is -0.137. The molecule has 38 heavy (non-hydrogen) atoms. The van der Waals surface area contributed by atoms with E-state index in [0.29, 0.717) is 23.7 Å². The van der Waals surface area contributed by atoms with Gasteiger partial charge in [-0.25, -0.2) is 4.79 Å². The maximum atomic E-state index is 13.1. The van der Waals surface area contributed by atoms with E-state index in [2.05, 4.69) is 16.8 Å². The number of nitrogens with zero attached hydrogens (tertiary/aromatic N) is 4. The molecule has 0 N–H and O–H groups in total.